The summed E-state index contributed by atoms with van der Waals surface area (Å²) < 4.78 is 0. The van der Waals surface area contributed by atoms with Crippen LogP contribution in [0.25, 0.3) is 0 Å². The molecule has 0 aliphatic carbocycles. The topological polar surface area (TPSA) is 49.3 Å². The number of aryl methyl sites for hydroxylation is 1. The van der Waals surface area contributed by atoms with Crippen molar-refractivity contribution in [3.8, 4) is 0 Å². The Hall–Kier alpha value is -1.34. The lowest BCUT2D eigenvalue weighted by atomic mass is 10.1. The number of rotatable bonds is 5. The molecule has 24 heavy (non-hydrogen) atoms. The van der Waals surface area contributed by atoms with Gasteiger partial charge in [0.15, 0.2) is 5.96 Å². The van der Waals surface area contributed by atoms with Gasteiger partial charge >= 0.3 is 0 Å². The summed E-state index contributed by atoms with van der Waals surface area (Å²) in [5.41, 5.74) is 3.18. The van der Waals surface area contributed by atoms with Gasteiger partial charge < -0.3 is 10.6 Å². The quantitative estimate of drug-likeness (QED) is 0.395. The van der Waals surface area contributed by atoms with Gasteiger partial charge in [-0.25, -0.2) is 4.99 Å². The van der Waals surface area contributed by atoms with Crippen LogP contribution in [0.5, 0.6) is 0 Å². The Bertz CT molecular complexity index is 676. The van der Waals surface area contributed by atoms with Crippen molar-refractivity contribution < 1.29 is 0 Å². The second-order valence-electron chi connectivity index (χ2n) is 5.35. The van der Waals surface area contributed by atoms with E-state index in [1.807, 2.05) is 50.2 Å². The lowest BCUT2D eigenvalue weighted by Crippen LogP contribution is -2.38. The highest BCUT2D eigenvalue weighted by molar-refractivity contribution is 14.0. The van der Waals surface area contributed by atoms with Crippen LogP contribution in [0.4, 0.5) is 0 Å². The molecule has 2 aromatic rings. The molecule has 6 heteroatoms. The maximum Gasteiger partial charge on any atom is 0.192 e. The highest BCUT2D eigenvalue weighted by Gasteiger charge is 2.10. The Kier molecular flexibility index (Phi) is 9.07. The predicted octanol–water partition coefficient (Wildman–Crippen LogP) is 4.48. The van der Waals surface area contributed by atoms with Crippen molar-refractivity contribution in [3.05, 3.63) is 64.4 Å². The minimum atomic E-state index is 0. The van der Waals surface area contributed by atoms with Gasteiger partial charge in [0.1, 0.15) is 0 Å². The van der Waals surface area contributed by atoms with Crippen LogP contribution < -0.4 is 10.6 Å². The standard InChI is InChI=1S/C18H23ClN4.HI/c1-4-20-18(22-12-17-13(2)8-7-11-21-17)23-14(3)15-9-5-6-10-16(15)19;/h5-11,14H,4,12H2,1-3H3,(H2,20,22,23);1H. The van der Waals surface area contributed by atoms with E-state index in [-0.39, 0.29) is 30.0 Å². The van der Waals surface area contributed by atoms with Crippen molar-refractivity contribution >= 4 is 41.5 Å². The van der Waals surface area contributed by atoms with Gasteiger partial charge in [-0.15, -0.1) is 24.0 Å². The summed E-state index contributed by atoms with van der Waals surface area (Å²) in [5, 5.41) is 7.41. The van der Waals surface area contributed by atoms with E-state index < -0.39 is 0 Å². The lowest BCUT2D eigenvalue weighted by molar-refractivity contribution is 0.685. The summed E-state index contributed by atoms with van der Waals surface area (Å²) in [6.07, 6.45) is 1.80. The van der Waals surface area contributed by atoms with Crippen molar-refractivity contribution in [2.75, 3.05) is 6.54 Å². The molecule has 130 valence electrons. The van der Waals surface area contributed by atoms with Crippen molar-refractivity contribution in [2.24, 2.45) is 4.99 Å². The molecule has 0 spiro atoms. The molecule has 2 rings (SSSR count). The molecule has 0 aliphatic rings. The summed E-state index contributed by atoms with van der Waals surface area (Å²) >= 11 is 6.26. The van der Waals surface area contributed by atoms with E-state index in [1.54, 1.807) is 6.20 Å². The van der Waals surface area contributed by atoms with Gasteiger partial charge in [-0.2, -0.15) is 0 Å². The number of nitrogens with one attached hydrogen (secondary N) is 2. The second kappa shape index (κ2) is 10.5. The summed E-state index contributed by atoms with van der Waals surface area (Å²) in [7, 11) is 0. The number of halogens is 2. The molecule has 0 saturated carbocycles. The van der Waals surface area contributed by atoms with E-state index >= 15 is 0 Å². The van der Waals surface area contributed by atoms with Gasteiger partial charge in [-0.1, -0.05) is 35.9 Å². The van der Waals surface area contributed by atoms with E-state index in [1.165, 1.54) is 0 Å². The van der Waals surface area contributed by atoms with Gasteiger partial charge in [0.2, 0.25) is 0 Å². The van der Waals surface area contributed by atoms with Gasteiger partial charge in [-0.3, -0.25) is 4.98 Å². The molecule has 4 nitrogen and oxygen atoms in total. The average molecular weight is 459 g/mol. The summed E-state index contributed by atoms with van der Waals surface area (Å²) in [6.45, 7) is 7.49. The number of guanidine groups is 1. The Balaban J connectivity index is 0.00000288. The Morgan fingerprint density at radius 1 is 1.25 bits per heavy atom. The number of benzene rings is 1. The number of nitrogens with zero attached hydrogens (tertiary/aromatic N) is 2. The first-order valence-corrected chi connectivity index (χ1v) is 8.19. The molecule has 1 unspecified atom stereocenters. The molecule has 0 fully saturated rings. The lowest BCUT2D eigenvalue weighted by Gasteiger charge is -2.19. The fraction of sp³-hybridized carbons (Fsp3) is 0.333. The fourth-order valence-corrected chi connectivity index (χ4v) is 2.57. The van der Waals surface area contributed by atoms with Crippen molar-refractivity contribution in [3.63, 3.8) is 0 Å². The zero-order valence-electron chi connectivity index (χ0n) is 14.2. The Labute approximate surface area is 166 Å². The van der Waals surface area contributed by atoms with Crippen LogP contribution in [0.3, 0.4) is 0 Å². The number of hydrogen-bond donors (Lipinski definition) is 2. The highest BCUT2D eigenvalue weighted by atomic mass is 127. The molecule has 0 bridgehead atoms. The van der Waals surface area contributed by atoms with Crippen LogP contribution in [0, 0.1) is 6.92 Å². The highest BCUT2D eigenvalue weighted by Crippen LogP contribution is 2.21. The van der Waals surface area contributed by atoms with E-state index in [9.17, 15) is 0 Å². The molecule has 2 N–H and O–H groups in total. The van der Waals surface area contributed by atoms with Crippen molar-refractivity contribution in [1.82, 2.24) is 15.6 Å². The number of aliphatic imine (C=N–C) groups is 1. The first kappa shape index (κ1) is 20.7. The fourth-order valence-electron chi connectivity index (χ4n) is 2.27. The molecule has 0 radical (unpaired) electrons. The molecule has 1 aromatic heterocycles. The third-order valence-electron chi connectivity index (χ3n) is 3.57. The maximum atomic E-state index is 6.26. The molecule has 1 aromatic carbocycles. The third kappa shape index (κ3) is 5.94. The summed E-state index contributed by atoms with van der Waals surface area (Å²) in [5.74, 6) is 0.755. The van der Waals surface area contributed by atoms with E-state index in [0.717, 1.165) is 34.3 Å². The molecule has 0 saturated heterocycles. The van der Waals surface area contributed by atoms with Gasteiger partial charge in [0.25, 0.3) is 0 Å². The average Bonchev–Trinajstić information content (AvgIpc) is 2.54. The number of hydrogen-bond acceptors (Lipinski definition) is 2. The van der Waals surface area contributed by atoms with Crippen molar-refractivity contribution in [2.45, 2.75) is 33.4 Å². The molecular weight excluding hydrogens is 435 g/mol. The second-order valence-corrected chi connectivity index (χ2v) is 5.76. The largest absolute Gasteiger partial charge is 0.357 e. The van der Waals surface area contributed by atoms with E-state index in [2.05, 4.69) is 27.5 Å². The summed E-state index contributed by atoms with van der Waals surface area (Å²) in [6, 6.07) is 11.9. The van der Waals surface area contributed by atoms with E-state index in [4.69, 9.17) is 11.6 Å². The van der Waals surface area contributed by atoms with Crippen LogP contribution in [-0.4, -0.2) is 17.5 Å². The van der Waals surface area contributed by atoms with Crippen LogP contribution in [0.15, 0.2) is 47.6 Å². The van der Waals surface area contributed by atoms with Crippen LogP contribution in [-0.2, 0) is 6.54 Å². The van der Waals surface area contributed by atoms with Gasteiger partial charge in [0, 0.05) is 17.8 Å². The maximum absolute atomic E-state index is 6.26. The molecule has 1 heterocycles. The molecule has 0 amide bonds. The first-order valence-electron chi connectivity index (χ1n) is 7.81. The van der Waals surface area contributed by atoms with Gasteiger partial charge in [0.05, 0.1) is 18.3 Å². The van der Waals surface area contributed by atoms with E-state index in [0.29, 0.717) is 6.54 Å². The van der Waals surface area contributed by atoms with Crippen LogP contribution in [0.2, 0.25) is 5.02 Å². The normalized spacial score (nSPS) is 12.2. The number of aromatic nitrogens is 1. The van der Waals surface area contributed by atoms with Gasteiger partial charge in [-0.05, 0) is 44.0 Å². The van der Waals surface area contributed by atoms with Crippen LogP contribution >= 0.6 is 35.6 Å². The minimum absolute atomic E-state index is 0. The van der Waals surface area contributed by atoms with Crippen LogP contribution in [0.1, 0.15) is 36.7 Å². The zero-order chi connectivity index (χ0) is 16.7. The third-order valence-corrected chi connectivity index (χ3v) is 3.92. The van der Waals surface area contributed by atoms with Crippen molar-refractivity contribution in [1.29, 1.82) is 0 Å². The molecule has 1 atom stereocenters. The molecule has 0 aliphatic heterocycles. The summed E-state index contributed by atoms with van der Waals surface area (Å²) in [4.78, 5) is 9.01. The Morgan fingerprint density at radius 2 is 2.00 bits per heavy atom. The monoisotopic (exact) mass is 458 g/mol. The first-order chi connectivity index (χ1) is 11.1. The minimum Gasteiger partial charge on any atom is -0.357 e. The Morgan fingerprint density at radius 3 is 2.67 bits per heavy atom. The SMILES string of the molecule is CCNC(=NCc1ncccc1C)NC(C)c1ccccc1Cl.I. The number of pyridine rings is 1. The zero-order valence-corrected chi connectivity index (χ0v) is 17.3. The predicted molar refractivity (Wildman–Crippen MR) is 112 cm³/mol. The smallest absolute Gasteiger partial charge is 0.192 e. The molecular formula is C18H24ClIN4.